The first-order valence-electron chi connectivity index (χ1n) is 7.93. The fourth-order valence-corrected chi connectivity index (χ4v) is 3.18. The molecule has 0 bridgehead atoms. The van der Waals surface area contributed by atoms with E-state index < -0.39 is 10.0 Å². The van der Waals surface area contributed by atoms with Gasteiger partial charge in [-0.3, -0.25) is 9.52 Å². The highest BCUT2D eigenvalue weighted by molar-refractivity contribution is 7.92. The molecule has 3 rings (SSSR count). The third kappa shape index (κ3) is 4.32. The SMILES string of the molecule is COc1ccc2cc(C(=O)Nc3ccc(NS(C)(=O)=O)c(OC)c3)[nH]c2c1. The summed E-state index contributed by atoms with van der Waals surface area (Å²) in [5.41, 5.74) is 1.92. The summed E-state index contributed by atoms with van der Waals surface area (Å²) in [5.74, 6) is 0.644. The summed E-state index contributed by atoms with van der Waals surface area (Å²) >= 11 is 0. The molecule has 0 unspecified atom stereocenters. The van der Waals surface area contributed by atoms with E-state index in [1.54, 1.807) is 25.3 Å². The number of rotatable bonds is 6. The van der Waals surface area contributed by atoms with Gasteiger partial charge in [-0.2, -0.15) is 0 Å². The molecule has 1 aromatic heterocycles. The molecule has 2 aromatic carbocycles. The van der Waals surface area contributed by atoms with Crippen LogP contribution in [0.3, 0.4) is 0 Å². The highest BCUT2D eigenvalue weighted by atomic mass is 32.2. The van der Waals surface area contributed by atoms with E-state index in [4.69, 9.17) is 9.47 Å². The van der Waals surface area contributed by atoms with Gasteiger partial charge in [-0.05, 0) is 30.3 Å². The van der Waals surface area contributed by atoms with Gasteiger partial charge in [0.15, 0.2) is 0 Å². The lowest BCUT2D eigenvalue weighted by molar-refractivity contribution is 0.102. The van der Waals surface area contributed by atoms with E-state index in [9.17, 15) is 13.2 Å². The number of carbonyl (C=O) groups excluding carboxylic acids is 1. The van der Waals surface area contributed by atoms with E-state index in [0.717, 1.165) is 17.2 Å². The molecule has 9 heteroatoms. The van der Waals surface area contributed by atoms with Crippen molar-refractivity contribution in [3.63, 3.8) is 0 Å². The van der Waals surface area contributed by atoms with E-state index in [2.05, 4.69) is 15.0 Å². The largest absolute Gasteiger partial charge is 0.497 e. The second-order valence-electron chi connectivity index (χ2n) is 5.88. The molecule has 1 heterocycles. The molecule has 1 amide bonds. The Morgan fingerprint density at radius 2 is 1.81 bits per heavy atom. The molecule has 3 N–H and O–H groups in total. The molecule has 0 radical (unpaired) electrons. The maximum atomic E-state index is 12.5. The van der Waals surface area contributed by atoms with Crippen LogP contribution in [-0.4, -0.2) is 39.8 Å². The van der Waals surface area contributed by atoms with Gasteiger partial charge in [-0.15, -0.1) is 0 Å². The molecule has 8 nitrogen and oxygen atoms in total. The van der Waals surface area contributed by atoms with Crippen LogP contribution in [0.5, 0.6) is 11.5 Å². The van der Waals surface area contributed by atoms with Crippen molar-refractivity contribution >= 4 is 38.2 Å². The minimum absolute atomic E-state index is 0.288. The van der Waals surface area contributed by atoms with E-state index >= 15 is 0 Å². The number of anilines is 2. The molecular weight excluding hydrogens is 370 g/mol. The third-order valence-electron chi connectivity index (χ3n) is 3.83. The van der Waals surface area contributed by atoms with Crippen LogP contribution in [0.1, 0.15) is 10.5 Å². The molecule has 0 fully saturated rings. The van der Waals surface area contributed by atoms with Gasteiger partial charge < -0.3 is 19.8 Å². The number of aromatic amines is 1. The van der Waals surface area contributed by atoms with Crippen molar-refractivity contribution < 1.29 is 22.7 Å². The topological polar surface area (TPSA) is 110 Å². The number of carbonyl (C=O) groups is 1. The van der Waals surface area contributed by atoms with Crippen molar-refractivity contribution in [2.45, 2.75) is 0 Å². The quantitative estimate of drug-likeness (QED) is 0.601. The lowest BCUT2D eigenvalue weighted by Crippen LogP contribution is -2.13. The van der Waals surface area contributed by atoms with Crippen LogP contribution in [0.4, 0.5) is 11.4 Å². The number of hydrogen-bond donors (Lipinski definition) is 3. The normalized spacial score (nSPS) is 11.2. The third-order valence-corrected chi connectivity index (χ3v) is 4.42. The van der Waals surface area contributed by atoms with Crippen LogP contribution in [-0.2, 0) is 10.0 Å². The Labute approximate surface area is 156 Å². The lowest BCUT2D eigenvalue weighted by Gasteiger charge is -2.12. The lowest BCUT2D eigenvalue weighted by atomic mass is 10.2. The van der Waals surface area contributed by atoms with Crippen LogP contribution in [0.15, 0.2) is 42.5 Å². The predicted octanol–water partition coefficient (Wildman–Crippen LogP) is 2.81. The van der Waals surface area contributed by atoms with Crippen LogP contribution < -0.4 is 19.5 Å². The number of benzene rings is 2. The zero-order chi connectivity index (χ0) is 19.6. The first kappa shape index (κ1) is 18.6. The molecular formula is C18H19N3O5S. The summed E-state index contributed by atoms with van der Waals surface area (Å²) in [6.45, 7) is 0. The number of aromatic nitrogens is 1. The second-order valence-corrected chi connectivity index (χ2v) is 7.63. The van der Waals surface area contributed by atoms with Gasteiger partial charge in [0.2, 0.25) is 10.0 Å². The fraction of sp³-hybridized carbons (Fsp3) is 0.167. The first-order valence-corrected chi connectivity index (χ1v) is 9.82. The summed E-state index contributed by atoms with van der Waals surface area (Å²) in [7, 11) is -0.449. The summed E-state index contributed by atoms with van der Waals surface area (Å²) in [6, 6.07) is 11.9. The zero-order valence-electron chi connectivity index (χ0n) is 15.0. The molecule has 0 aliphatic carbocycles. The van der Waals surface area contributed by atoms with Crippen molar-refractivity contribution in [1.82, 2.24) is 4.98 Å². The Morgan fingerprint density at radius 1 is 1.04 bits per heavy atom. The Kier molecular flexibility index (Phi) is 4.95. The Bertz CT molecular complexity index is 1110. The van der Waals surface area contributed by atoms with Gasteiger partial charge in [0.1, 0.15) is 17.2 Å². The number of hydrogen-bond acceptors (Lipinski definition) is 5. The van der Waals surface area contributed by atoms with Gasteiger partial charge in [0.05, 0.1) is 26.2 Å². The van der Waals surface area contributed by atoms with Crippen LogP contribution in [0, 0.1) is 0 Å². The molecule has 0 spiro atoms. The molecule has 0 aliphatic rings. The highest BCUT2D eigenvalue weighted by Gasteiger charge is 2.13. The summed E-state index contributed by atoms with van der Waals surface area (Å²) in [6.07, 6.45) is 1.05. The van der Waals surface area contributed by atoms with Crippen molar-refractivity contribution in [2.24, 2.45) is 0 Å². The first-order chi connectivity index (χ1) is 12.8. The molecule has 0 saturated carbocycles. The minimum Gasteiger partial charge on any atom is -0.497 e. The van der Waals surface area contributed by atoms with Crippen molar-refractivity contribution in [2.75, 3.05) is 30.5 Å². The second kappa shape index (κ2) is 7.20. The number of methoxy groups -OCH3 is 2. The van der Waals surface area contributed by atoms with E-state index in [1.165, 1.54) is 19.2 Å². The van der Waals surface area contributed by atoms with E-state index in [1.807, 2.05) is 12.1 Å². The molecule has 0 atom stereocenters. The Hall–Kier alpha value is -3.20. The summed E-state index contributed by atoms with van der Waals surface area (Å²) < 4.78 is 35.5. The Morgan fingerprint density at radius 3 is 2.48 bits per heavy atom. The monoisotopic (exact) mass is 389 g/mol. The highest BCUT2D eigenvalue weighted by Crippen LogP contribution is 2.29. The minimum atomic E-state index is -3.44. The van der Waals surface area contributed by atoms with Gasteiger partial charge in [-0.25, -0.2) is 8.42 Å². The van der Waals surface area contributed by atoms with Crippen molar-refractivity contribution in [3.8, 4) is 11.5 Å². The maximum Gasteiger partial charge on any atom is 0.272 e. The van der Waals surface area contributed by atoms with Gasteiger partial charge in [0, 0.05) is 28.7 Å². The van der Waals surface area contributed by atoms with Gasteiger partial charge in [0.25, 0.3) is 5.91 Å². The summed E-state index contributed by atoms with van der Waals surface area (Å²) in [5, 5.41) is 3.63. The molecule has 0 saturated heterocycles. The smallest absolute Gasteiger partial charge is 0.272 e. The van der Waals surface area contributed by atoms with Crippen molar-refractivity contribution in [3.05, 3.63) is 48.2 Å². The zero-order valence-corrected chi connectivity index (χ0v) is 15.8. The van der Waals surface area contributed by atoms with Crippen LogP contribution in [0.2, 0.25) is 0 Å². The average molecular weight is 389 g/mol. The van der Waals surface area contributed by atoms with Crippen LogP contribution >= 0.6 is 0 Å². The van der Waals surface area contributed by atoms with E-state index in [0.29, 0.717) is 22.9 Å². The number of amides is 1. The number of sulfonamides is 1. The number of ether oxygens (including phenoxy) is 2. The number of fused-ring (bicyclic) bond motifs is 1. The van der Waals surface area contributed by atoms with Gasteiger partial charge in [-0.1, -0.05) is 0 Å². The standard InChI is InChI=1S/C18H19N3O5S/c1-25-13-6-4-11-8-16(20-15(11)10-13)18(22)19-12-5-7-14(17(9-12)26-2)21-27(3,23)24/h4-10,20-21H,1-3H3,(H,19,22). The number of nitrogens with one attached hydrogen (secondary N) is 3. The summed E-state index contributed by atoms with van der Waals surface area (Å²) in [4.78, 5) is 15.6. The molecule has 142 valence electrons. The van der Waals surface area contributed by atoms with Crippen LogP contribution in [0.25, 0.3) is 10.9 Å². The fourth-order valence-electron chi connectivity index (χ4n) is 2.61. The number of H-pyrrole nitrogens is 1. The average Bonchev–Trinajstić information content (AvgIpc) is 3.05. The molecule has 27 heavy (non-hydrogen) atoms. The van der Waals surface area contributed by atoms with Crippen molar-refractivity contribution in [1.29, 1.82) is 0 Å². The van der Waals surface area contributed by atoms with Gasteiger partial charge >= 0.3 is 0 Å². The van der Waals surface area contributed by atoms with E-state index in [-0.39, 0.29) is 11.6 Å². The molecule has 3 aromatic rings. The Balaban J connectivity index is 1.83. The predicted molar refractivity (Wildman–Crippen MR) is 104 cm³/mol. The molecule has 0 aliphatic heterocycles. The maximum absolute atomic E-state index is 12.5.